The average molecular weight is 340 g/mol. The van der Waals surface area contributed by atoms with Crippen LogP contribution in [-0.2, 0) is 11.8 Å². The maximum absolute atomic E-state index is 12.5. The molecule has 1 aromatic carbocycles. The van der Waals surface area contributed by atoms with Crippen molar-refractivity contribution in [2.45, 2.75) is 6.92 Å². The number of rotatable bonds is 7. The molecule has 0 fully saturated rings. The van der Waals surface area contributed by atoms with E-state index < -0.39 is 0 Å². The Morgan fingerprint density at radius 3 is 2.92 bits per heavy atom. The molecule has 0 saturated heterocycles. The molecular weight excluding hydrogens is 320 g/mol. The molecule has 3 aromatic rings. The van der Waals surface area contributed by atoms with Crippen LogP contribution in [0.5, 0.6) is 5.75 Å². The zero-order valence-electron chi connectivity index (χ0n) is 14.2. The predicted octanol–water partition coefficient (Wildman–Crippen LogP) is 2.64. The van der Waals surface area contributed by atoms with Gasteiger partial charge in [0.2, 0.25) is 0 Å². The van der Waals surface area contributed by atoms with Gasteiger partial charge in [0.1, 0.15) is 17.9 Å². The number of benzene rings is 1. The minimum atomic E-state index is -0.263. The van der Waals surface area contributed by atoms with Crippen molar-refractivity contribution in [2.24, 2.45) is 7.05 Å². The highest BCUT2D eigenvalue weighted by Gasteiger charge is 2.12. The molecule has 0 radical (unpaired) electrons. The highest BCUT2D eigenvalue weighted by Crippen LogP contribution is 2.24. The summed E-state index contributed by atoms with van der Waals surface area (Å²) in [5.74, 6) is 0.336. The van der Waals surface area contributed by atoms with Crippen molar-refractivity contribution in [2.75, 3.05) is 25.1 Å². The lowest BCUT2D eigenvalue weighted by molar-refractivity contribution is 0.102. The Labute approximate surface area is 145 Å². The van der Waals surface area contributed by atoms with E-state index in [9.17, 15) is 4.79 Å². The summed E-state index contributed by atoms with van der Waals surface area (Å²) in [5.41, 5.74) is 2.45. The first-order valence-electron chi connectivity index (χ1n) is 8.07. The van der Waals surface area contributed by atoms with E-state index in [1.165, 1.54) is 6.20 Å². The topological polar surface area (TPSA) is 78.3 Å². The van der Waals surface area contributed by atoms with Crippen LogP contribution in [0.25, 0.3) is 11.2 Å². The Morgan fingerprint density at radius 1 is 1.24 bits per heavy atom. The summed E-state index contributed by atoms with van der Waals surface area (Å²) in [6, 6.07) is 9.01. The Hall–Kier alpha value is -2.93. The van der Waals surface area contributed by atoms with Gasteiger partial charge in [0.25, 0.3) is 5.91 Å². The van der Waals surface area contributed by atoms with Crippen LogP contribution in [0.4, 0.5) is 5.69 Å². The number of fused-ring (bicyclic) bond motifs is 1. The van der Waals surface area contributed by atoms with Gasteiger partial charge in [-0.05, 0) is 25.1 Å². The molecule has 7 heteroatoms. The van der Waals surface area contributed by atoms with Crippen molar-refractivity contribution in [3.63, 3.8) is 0 Å². The molecule has 2 heterocycles. The number of carbonyl (C=O) groups is 1. The molecule has 0 aliphatic heterocycles. The Balaban J connectivity index is 1.73. The van der Waals surface area contributed by atoms with Gasteiger partial charge in [-0.25, -0.2) is 9.97 Å². The van der Waals surface area contributed by atoms with E-state index in [1.807, 2.05) is 32.2 Å². The monoisotopic (exact) mass is 340 g/mol. The molecule has 0 spiro atoms. The fraction of sp³-hybridized carbons (Fsp3) is 0.278. The number of pyridine rings is 1. The van der Waals surface area contributed by atoms with Crippen molar-refractivity contribution < 1.29 is 14.3 Å². The Kier molecular flexibility index (Phi) is 5.25. The van der Waals surface area contributed by atoms with Gasteiger partial charge >= 0.3 is 0 Å². The molecule has 7 nitrogen and oxygen atoms in total. The number of amides is 1. The molecule has 2 aromatic heterocycles. The Morgan fingerprint density at radius 2 is 2.08 bits per heavy atom. The number of aryl methyl sites for hydroxylation is 1. The standard InChI is InChI=1S/C18H20N4O3/c1-3-24-8-9-25-16-7-5-4-6-14(16)21-18(23)13-10-15-17(19-11-13)22(2)12-20-15/h4-7,10-12H,3,8-9H2,1-2H3,(H,21,23). The van der Waals surface area contributed by atoms with Gasteiger partial charge in [-0.1, -0.05) is 12.1 Å². The minimum Gasteiger partial charge on any atom is -0.489 e. The van der Waals surface area contributed by atoms with E-state index in [-0.39, 0.29) is 5.91 Å². The van der Waals surface area contributed by atoms with E-state index in [0.717, 1.165) is 5.65 Å². The lowest BCUT2D eigenvalue weighted by Gasteiger charge is -2.12. The second-order valence-corrected chi connectivity index (χ2v) is 5.42. The number of aromatic nitrogens is 3. The summed E-state index contributed by atoms with van der Waals surface area (Å²) in [7, 11) is 1.86. The molecule has 0 bridgehead atoms. The third-order valence-corrected chi connectivity index (χ3v) is 3.64. The van der Waals surface area contributed by atoms with Crippen molar-refractivity contribution in [1.29, 1.82) is 0 Å². The van der Waals surface area contributed by atoms with Gasteiger partial charge < -0.3 is 19.4 Å². The van der Waals surface area contributed by atoms with Gasteiger partial charge in [0.15, 0.2) is 5.65 Å². The van der Waals surface area contributed by atoms with Crippen molar-refractivity contribution in [1.82, 2.24) is 14.5 Å². The number of imidazole rings is 1. The van der Waals surface area contributed by atoms with E-state index in [1.54, 1.807) is 23.0 Å². The maximum Gasteiger partial charge on any atom is 0.257 e. The van der Waals surface area contributed by atoms with Crippen molar-refractivity contribution in [3.8, 4) is 5.75 Å². The zero-order valence-corrected chi connectivity index (χ0v) is 14.2. The number of ether oxygens (including phenoxy) is 2. The van der Waals surface area contributed by atoms with Crippen LogP contribution in [0.1, 0.15) is 17.3 Å². The average Bonchev–Trinajstić information content (AvgIpc) is 3.00. The molecule has 1 N–H and O–H groups in total. The number of hydrogen-bond acceptors (Lipinski definition) is 5. The molecule has 0 atom stereocenters. The van der Waals surface area contributed by atoms with Gasteiger partial charge in [-0.15, -0.1) is 0 Å². The van der Waals surface area contributed by atoms with Gasteiger partial charge in [-0.3, -0.25) is 4.79 Å². The highest BCUT2D eigenvalue weighted by atomic mass is 16.5. The fourth-order valence-electron chi connectivity index (χ4n) is 2.39. The van der Waals surface area contributed by atoms with Crippen LogP contribution in [0.2, 0.25) is 0 Å². The number of nitrogens with zero attached hydrogens (tertiary/aromatic N) is 3. The normalized spacial score (nSPS) is 10.8. The number of carbonyl (C=O) groups excluding carboxylic acids is 1. The first-order valence-corrected chi connectivity index (χ1v) is 8.07. The molecule has 0 unspecified atom stereocenters. The molecule has 130 valence electrons. The quantitative estimate of drug-likeness (QED) is 0.669. The predicted molar refractivity (Wildman–Crippen MR) is 94.9 cm³/mol. The minimum absolute atomic E-state index is 0.263. The lowest BCUT2D eigenvalue weighted by atomic mass is 10.2. The van der Waals surface area contributed by atoms with Crippen LogP contribution >= 0.6 is 0 Å². The fourth-order valence-corrected chi connectivity index (χ4v) is 2.39. The Bertz CT molecular complexity index is 876. The number of anilines is 1. The third kappa shape index (κ3) is 3.95. The summed E-state index contributed by atoms with van der Waals surface area (Å²) >= 11 is 0. The van der Waals surface area contributed by atoms with Crippen LogP contribution in [0.15, 0.2) is 42.9 Å². The van der Waals surface area contributed by atoms with E-state index in [4.69, 9.17) is 9.47 Å². The van der Waals surface area contributed by atoms with Crippen LogP contribution in [0, 0.1) is 0 Å². The SMILES string of the molecule is CCOCCOc1ccccc1NC(=O)c1cnc2c(c1)ncn2C. The first-order chi connectivity index (χ1) is 12.2. The molecule has 0 aliphatic rings. The molecule has 0 saturated carbocycles. The summed E-state index contributed by atoms with van der Waals surface area (Å²) in [6.45, 7) is 3.49. The van der Waals surface area contributed by atoms with E-state index in [2.05, 4.69) is 15.3 Å². The van der Waals surface area contributed by atoms with E-state index in [0.29, 0.717) is 42.3 Å². The highest BCUT2D eigenvalue weighted by molar-refractivity contribution is 6.06. The van der Waals surface area contributed by atoms with Crippen LogP contribution < -0.4 is 10.1 Å². The molecular formula is C18H20N4O3. The molecule has 25 heavy (non-hydrogen) atoms. The summed E-state index contributed by atoms with van der Waals surface area (Å²) in [4.78, 5) is 21.0. The molecule has 1 amide bonds. The van der Waals surface area contributed by atoms with Crippen molar-refractivity contribution in [3.05, 3.63) is 48.4 Å². The maximum atomic E-state index is 12.5. The first kappa shape index (κ1) is 16.9. The van der Waals surface area contributed by atoms with Gasteiger partial charge in [-0.2, -0.15) is 0 Å². The zero-order chi connectivity index (χ0) is 17.6. The second kappa shape index (κ2) is 7.76. The van der Waals surface area contributed by atoms with Crippen LogP contribution in [-0.4, -0.2) is 40.3 Å². The summed E-state index contributed by atoms with van der Waals surface area (Å²) < 4.78 is 12.7. The number of hydrogen-bond donors (Lipinski definition) is 1. The lowest BCUT2D eigenvalue weighted by Crippen LogP contribution is -2.14. The van der Waals surface area contributed by atoms with Gasteiger partial charge in [0.05, 0.1) is 24.2 Å². The second-order valence-electron chi connectivity index (χ2n) is 5.42. The molecule has 0 aliphatic carbocycles. The van der Waals surface area contributed by atoms with E-state index >= 15 is 0 Å². The number of nitrogens with one attached hydrogen (secondary N) is 1. The van der Waals surface area contributed by atoms with Crippen LogP contribution in [0.3, 0.4) is 0 Å². The number of para-hydroxylation sites is 2. The summed E-state index contributed by atoms with van der Waals surface area (Å²) in [6.07, 6.45) is 3.21. The molecule has 3 rings (SSSR count). The van der Waals surface area contributed by atoms with Gasteiger partial charge in [0, 0.05) is 19.9 Å². The largest absolute Gasteiger partial charge is 0.489 e. The third-order valence-electron chi connectivity index (χ3n) is 3.64. The summed E-state index contributed by atoms with van der Waals surface area (Å²) in [5, 5.41) is 2.86. The smallest absolute Gasteiger partial charge is 0.257 e. The van der Waals surface area contributed by atoms with Crippen molar-refractivity contribution >= 4 is 22.8 Å².